The molecule has 1 aliphatic rings. The molecule has 2 amide bonds. The highest BCUT2D eigenvalue weighted by atomic mass is 16.2. The maximum Gasteiger partial charge on any atom is 0.323 e. The fraction of sp³-hybridized carbons (Fsp3) is 0.368. The second kappa shape index (κ2) is 6.86. The molecule has 0 saturated carbocycles. The molecule has 0 unspecified atom stereocenters. The molecule has 0 aliphatic carbocycles. The van der Waals surface area contributed by atoms with Gasteiger partial charge in [0.15, 0.2) is 0 Å². The van der Waals surface area contributed by atoms with Gasteiger partial charge in [-0.1, -0.05) is 19.9 Å². The number of pyridine rings is 1. The first-order valence-corrected chi connectivity index (χ1v) is 9.08. The molecule has 3 aromatic heterocycles. The van der Waals surface area contributed by atoms with Crippen molar-refractivity contribution in [1.82, 2.24) is 29.6 Å². The lowest BCUT2D eigenvalue weighted by Crippen LogP contribution is -2.43. The normalized spacial score (nSPS) is 16.4. The molecule has 0 radical (unpaired) electrons. The fourth-order valence-electron chi connectivity index (χ4n) is 3.44. The number of rotatable bonds is 3. The molecule has 27 heavy (non-hydrogen) atoms. The van der Waals surface area contributed by atoms with E-state index in [-0.39, 0.29) is 12.1 Å². The number of aromatic nitrogens is 5. The lowest BCUT2D eigenvalue weighted by molar-refractivity contribution is 0.192. The molecule has 0 fully saturated rings. The van der Waals surface area contributed by atoms with E-state index in [1.807, 2.05) is 30.1 Å². The van der Waals surface area contributed by atoms with E-state index in [4.69, 9.17) is 0 Å². The molecule has 2 N–H and O–H groups in total. The number of aromatic amines is 1. The van der Waals surface area contributed by atoms with E-state index in [0.29, 0.717) is 18.3 Å². The van der Waals surface area contributed by atoms with Crippen LogP contribution >= 0.6 is 0 Å². The number of carbonyl (C=O) groups is 1. The molecule has 4 heterocycles. The van der Waals surface area contributed by atoms with Gasteiger partial charge in [0.05, 0.1) is 17.7 Å². The smallest absolute Gasteiger partial charge is 0.323 e. The molecule has 8 heteroatoms. The summed E-state index contributed by atoms with van der Waals surface area (Å²) >= 11 is 0. The number of hydrogen-bond acceptors (Lipinski definition) is 4. The number of urea groups is 1. The van der Waals surface area contributed by atoms with Crippen LogP contribution in [-0.4, -0.2) is 42.2 Å². The monoisotopic (exact) mass is 365 g/mol. The summed E-state index contributed by atoms with van der Waals surface area (Å²) in [4.78, 5) is 26.8. The SMILES string of the molecule is CC(C)c1cc(NC(=O)N2CCc3[nH]cnc3[C@@H]2c2cccnc2)n(C)n1. The van der Waals surface area contributed by atoms with E-state index in [2.05, 4.69) is 39.2 Å². The summed E-state index contributed by atoms with van der Waals surface area (Å²) in [5, 5.41) is 7.48. The summed E-state index contributed by atoms with van der Waals surface area (Å²) in [5.41, 5.74) is 3.83. The Kier molecular flexibility index (Phi) is 4.39. The number of nitrogens with zero attached hydrogens (tertiary/aromatic N) is 5. The Morgan fingerprint density at radius 1 is 1.41 bits per heavy atom. The van der Waals surface area contributed by atoms with Crippen LogP contribution in [0.4, 0.5) is 10.6 Å². The van der Waals surface area contributed by atoms with Crippen molar-refractivity contribution >= 4 is 11.8 Å². The number of fused-ring (bicyclic) bond motifs is 1. The van der Waals surface area contributed by atoms with Crippen LogP contribution in [0.3, 0.4) is 0 Å². The minimum Gasteiger partial charge on any atom is -0.348 e. The molecule has 0 aromatic carbocycles. The highest BCUT2D eigenvalue weighted by molar-refractivity contribution is 5.89. The molecule has 0 saturated heterocycles. The van der Waals surface area contributed by atoms with Gasteiger partial charge >= 0.3 is 6.03 Å². The summed E-state index contributed by atoms with van der Waals surface area (Å²) < 4.78 is 1.70. The standard InChI is InChI=1S/C19H23N7O/c1-12(2)15-9-16(25(3)24-15)23-19(27)26-8-6-14-17(22-11-21-14)18(26)13-5-4-7-20-10-13/h4-5,7,9-12,18H,6,8H2,1-3H3,(H,21,22)(H,23,27)/t18-/m0/s1. The molecule has 3 aromatic rings. The van der Waals surface area contributed by atoms with Gasteiger partial charge in [-0.25, -0.2) is 9.78 Å². The van der Waals surface area contributed by atoms with Gasteiger partial charge in [0.25, 0.3) is 0 Å². The Labute approximate surface area is 157 Å². The van der Waals surface area contributed by atoms with Crippen LogP contribution in [0.15, 0.2) is 36.9 Å². The summed E-state index contributed by atoms with van der Waals surface area (Å²) in [6.07, 6.45) is 5.94. The summed E-state index contributed by atoms with van der Waals surface area (Å²) in [5.74, 6) is 0.980. The van der Waals surface area contributed by atoms with Crippen LogP contribution in [0.2, 0.25) is 0 Å². The average Bonchev–Trinajstić information content (AvgIpc) is 3.28. The Bertz CT molecular complexity index is 944. The predicted octanol–water partition coefficient (Wildman–Crippen LogP) is 2.84. The van der Waals surface area contributed by atoms with E-state index < -0.39 is 0 Å². The van der Waals surface area contributed by atoms with Gasteiger partial charge in [0.2, 0.25) is 0 Å². The van der Waals surface area contributed by atoms with Crippen molar-refractivity contribution < 1.29 is 4.79 Å². The van der Waals surface area contributed by atoms with Gasteiger partial charge in [0.1, 0.15) is 11.9 Å². The van der Waals surface area contributed by atoms with Gasteiger partial charge in [-0.2, -0.15) is 5.10 Å². The zero-order valence-electron chi connectivity index (χ0n) is 15.7. The molecule has 8 nitrogen and oxygen atoms in total. The van der Waals surface area contributed by atoms with Gasteiger partial charge in [-0.15, -0.1) is 0 Å². The molecule has 1 atom stereocenters. The minimum atomic E-state index is -0.272. The van der Waals surface area contributed by atoms with Crippen molar-refractivity contribution in [2.24, 2.45) is 7.05 Å². The first kappa shape index (κ1) is 17.3. The van der Waals surface area contributed by atoms with Crippen molar-refractivity contribution in [3.8, 4) is 0 Å². The van der Waals surface area contributed by atoms with E-state index in [9.17, 15) is 4.79 Å². The maximum absolute atomic E-state index is 13.1. The molecule has 0 bridgehead atoms. The third kappa shape index (κ3) is 3.18. The molecule has 0 spiro atoms. The summed E-state index contributed by atoms with van der Waals surface area (Å²) in [7, 11) is 1.84. The maximum atomic E-state index is 13.1. The fourth-order valence-corrected chi connectivity index (χ4v) is 3.44. The van der Waals surface area contributed by atoms with Crippen molar-refractivity contribution in [2.45, 2.75) is 32.2 Å². The summed E-state index contributed by atoms with van der Waals surface area (Å²) in [6.45, 7) is 4.75. The molecular weight excluding hydrogens is 342 g/mol. The Morgan fingerprint density at radius 2 is 2.26 bits per heavy atom. The topological polar surface area (TPSA) is 91.7 Å². The molecular formula is C19H23N7O. The lowest BCUT2D eigenvalue weighted by atomic mass is 9.97. The second-order valence-corrected chi connectivity index (χ2v) is 7.06. The second-order valence-electron chi connectivity index (χ2n) is 7.06. The van der Waals surface area contributed by atoms with E-state index in [0.717, 1.165) is 29.1 Å². The van der Waals surface area contributed by atoms with Gasteiger partial charge < -0.3 is 9.88 Å². The number of aryl methyl sites for hydroxylation is 1. The lowest BCUT2D eigenvalue weighted by Gasteiger charge is -2.35. The van der Waals surface area contributed by atoms with Gasteiger partial charge in [-0.05, 0) is 17.5 Å². The number of nitrogens with one attached hydrogen (secondary N) is 2. The van der Waals surface area contributed by atoms with Crippen molar-refractivity contribution in [1.29, 1.82) is 0 Å². The number of anilines is 1. The third-order valence-corrected chi connectivity index (χ3v) is 4.91. The first-order valence-electron chi connectivity index (χ1n) is 9.08. The Hall–Kier alpha value is -3.16. The van der Waals surface area contributed by atoms with Crippen LogP contribution < -0.4 is 5.32 Å². The Morgan fingerprint density at radius 3 is 2.96 bits per heavy atom. The highest BCUT2D eigenvalue weighted by Crippen LogP contribution is 2.33. The molecule has 1 aliphatic heterocycles. The van der Waals surface area contributed by atoms with Gasteiger partial charge in [0, 0.05) is 44.2 Å². The minimum absolute atomic E-state index is 0.171. The van der Waals surface area contributed by atoms with Crippen LogP contribution in [0.5, 0.6) is 0 Å². The zero-order chi connectivity index (χ0) is 19.0. The number of amides is 2. The van der Waals surface area contributed by atoms with Crippen LogP contribution in [-0.2, 0) is 13.5 Å². The van der Waals surface area contributed by atoms with Crippen molar-refractivity contribution in [3.63, 3.8) is 0 Å². The zero-order valence-corrected chi connectivity index (χ0v) is 15.7. The number of carbonyl (C=O) groups excluding carboxylic acids is 1. The molecule has 4 rings (SSSR count). The molecule has 140 valence electrons. The highest BCUT2D eigenvalue weighted by Gasteiger charge is 2.34. The van der Waals surface area contributed by atoms with E-state index in [1.165, 1.54) is 0 Å². The first-order chi connectivity index (χ1) is 13.0. The van der Waals surface area contributed by atoms with Gasteiger partial charge in [-0.3, -0.25) is 15.0 Å². The van der Waals surface area contributed by atoms with Crippen molar-refractivity contribution in [3.05, 3.63) is 59.6 Å². The quantitative estimate of drug-likeness (QED) is 0.746. The van der Waals surface area contributed by atoms with Crippen LogP contribution in [0, 0.1) is 0 Å². The predicted molar refractivity (Wildman–Crippen MR) is 101 cm³/mol. The number of imidazole rings is 1. The van der Waals surface area contributed by atoms with Crippen molar-refractivity contribution in [2.75, 3.05) is 11.9 Å². The average molecular weight is 365 g/mol. The Balaban J connectivity index is 1.64. The number of H-pyrrole nitrogens is 1. The van der Waals surface area contributed by atoms with Crippen LogP contribution in [0.1, 0.15) is 48.5 Å². The van der Waals surface area contributed by atoms with E-state index >= 15 is 0 Å². The van der Waals surface area contributed by atoms with E-state index in [1.54, 1.807) is 23.4 Å². The largest absolute Gasteiger partial charge is 0.348 e. The van der Waals surface area contributed by atoms with Crippen LogP contribution in [0.25, 0.3) is 0 Å². The summed E-state index contributed by atoms with van der Waals surface area (Å²) in [6, 6.07) is 5.33. The third-order valence-electron chi connectivity index (χ3n) is 4.91. The number of hydrogen-bond donors (Lipinski definition) is 2.